The predicted octanol–water partition coefficient (Wildman–Crippen LogP) is 1.82. The molecule has 0 atom stereocenters. The van der Waals surface area contributed by atoms with E-state index in [4.69, 9.17) is 22.7 Å². The van der Waals surface area contributed by atoms with E-state index in [-0.39, 0.29) is 18.9 Å². The van der Waals surface area contributed by atoms with Crippen LogP contribution in [0.5, 0.6) is 0 Å². The van der Waals surface area contributed by atoms with Crippen molar-refractivity contribution in [1.82, 2.24) is 4.90 Å². The van der Waals surface area contributed by atoms with E-state index in [0.717, 1.165) is 0 Å². The van der Waals surface area contributed by atoms with Crippen LogP contribution in [0.3, 0.4) is 0 Å². The van der Waals surface area contributed by atoms with E-state index in [1.807, 2.05) is 13.8 Å². The Balaban J connectivity index is 4.10. The molecule has 2 N–H and O–H groups in total. The number of carbonyl (C=O) groups excluding carboxylic acids is 1. The highest BCUT2D eigenvalue weighted by atomic mass is 32.1. The largest absolute Gasteiger partial charge is 0.393 e. The maximum atomic E-state index is 11.9. The fourth-order valence-electron chi connectivity index (χ4n) is 1.49. The van der Waals surface area contributed by atoms with Crippen molar-refractivity contribution >= 4 is 23.1 Å². The third-order valence-corrected chi connectivity index (χ3v) is 2.47. The van der Waals surface area contributed by atoms with Crippen LogP contribution in [0.15, 0.2) is 0 Å². The predicted molar refractivity (Wildman–Crippen MR) is 74.3 cm³/mol. The van der Waals surface area contributed by atoms with Gasteiger partial charge >= 0.3 is 0 Å². The van der Waals surface area contributed by atoms with Crippen LogP contribution in [0.25, 0.3) is 0 Å². The number of carbonyl (C=O) groups is 1. The molecule has 19 heavy (non-hydrogen) atoms. The molecule has 0 bridgehead atoms. The van der Waals surface area contributed by atoms with Gasteiger partial charge < -0.3 is 15.4 Å². The first-order valence-electron chi connectivity index (χ1n) is 6.25. The summed E-state index contributed by atoms with van der Waals surface area (Å²) in [7, 11) is 0. The molecule has 0 unspecified atom stereocenters. The summed E-state index contributed by atoms with van der Waals surface area (Å²) >= 11 is 4.78. The first-order valence-corrected chi connectivity index (χ1v) is 6.65. The molecule has 0 aliphatic rings. The number of hydrogen-bond acceptors (Lipinski definition) is 3. The lowest BCUT2D eigenvalue weighted by molar-refractivity contribution is -0.133. The Labute approximate surface area is 118 Å². The molecule has 112 valence electrons. The normalized spacial score (nSPS) is 11.1. The second kappa shape index (κ2) is 10.0. The first-order chi connectivity index (χ1) is 8.82. The molecule has 0 aliphatic heterocycles. The van der Waals surface area contributed by atoms with E-state index >= 15 is 0 Å². The number of thiocarbonyl (C=S) groups is 1. The molecule has 0 fully saturated rings. The van der Waals surface area contributed by atoms with Crippen LogP contribution < -0.4 is 5.73 Å². The van der Waals surface area contributed by atoms with Crippen molar-refractivity contribution in [1.29, 1.82) is 0 Å². The molecule has 0 radical (unpaired) electrons. The third kappa shape index (κ3) is 10.8. The van der Waals surface area contributed by atoms with Crippen LogP contribution in [-0.4, -0.2) is 48.5 Å². The Morgan fingerprint density at radius 2 is 2.00 bits per heavy atom. The molecule has 0 rings (SSSR count). The maximum absolute atomic E-state index is 11.9. The number of hydrogen-bond donors (Lipinski definition) is 1. The Kier molecular flexibility index (Phi) is 9.59. The lowest BCUT2D eigenvalue weighted by atomic mass is 10.2. The topological polar surface area (TPSA) is 55.6 Å². The molecule has 0 saturated carbocycles. The van der Waals surface area contributed by atoms with E-state index in [1.54, 1.807) is 4.90 Å². The highest BCUT2D eigenvalue weighted by Gasteiger charge is 2.15. The van der Waals surface area contributed by atoms with Crippen LogP contribution in [0.4, 0.5) is 8.78 Å². The van der Waals surface area contributed by atoms with Crippen LogP contribution in [0, 0.1) is 5.92 Å². The van der Waals surface area contributed by atoms with Crippen molar-refractivity contribution in [2.24, 2.45) is 11.7 Å². The Bertz CT molecular complexity index is 289. The quantitative estimate of drug-likeness (QED) is 0.493. The van der Waals surface area contributed by atoms with E-state index in [0.29, 0.717) is 30.4 Å². The van der Waals surface area contributed by atoms with Crippen molar-refractivity contribution in [2.45, 2.75) is 33.1 Å². The number of rotatable bonds is 10. The fraction of sp³-hybridized carbons (Fsp3) is 0.833. The molecule has 0 aromatic heterocycles. The highest BCUT2D eigenvalue weighted by Crippen LogP contribution is 2.04. The number of amides is 1. The van der Waals surface area contributed by atoms with Crippen LogP contribution in [0.2, 0.25) is 0 Å². The molecular weight excluding hydrogens is 274 g/mol. The fourth-order valence-corrected chi connectivity index (χ4v) is 1.59. The summed E-state index contributed by atoms with van der Waals surface area (Å²) < 4.78 is 28.4. The van der Waals surface area contributed by atoms with Gasteiger partial charge in [-0.25, -0.2) is 8.78 Å². The third-order valence-electron chi connectivity index (χ3n) is 2.27. The van der Waals surface area contributed by atoms with Gasteiger partial charge in [-0.2, -0.15) is 0 Å². The molecule has 0 saturated heterocycles. The minimum atomic E-state index is -2.50. The number of ether oxygens (including phenoxy) is 1. The molecule has 7 heteroatoms. The van der Waals surface area contributed by atoms with Gasteiger partial charge in [0.1, 0.15) is 6.61 Å². The molecule has 0 spiro atoms. The monoisotopic (exact) mass is 296 g/mol. The van der Waals surface area contributed by atoms with Gasteiger partial charge in [0.05, 0.1) is 18.0 Å². The van der Waals surface area contributed by atoms with Crippen LogP contribution >= 0.6 is 12.2 Å². The van der Waals surface area contributed by atoms with Gasteiger partial charge in [-0.15, -0.1) is 0 Å². The standard InChI is InChI=1S/C12H22F2N2O2S/c1-9(2)7-16(5-3-11(15)19)12(17)4-6-18-8-10(13)14/h9-10H,3-8H2,1-2H3,(H2,15,19). The zero-order chi connectivity index (χ0) is 14.8. The van der Waals surface area contributed by atoms with Gasteiger partial charge in [-0.1, -0.05) is 26.1 Å². The Hall–Kier alpha value is -0.820. The lowest BCUT2D eigenvalue weighted by Gasteiger charge is -2.24. The minimum absolute atomic E-state index is 0.00480. The maximum Gasteiger partial charge on any atom is 0.261 e. The van der Waals surface area contributed by atoms with Gasteiger partial charge in [-0.3, -0.25) is 4.79 Å². The average Bonchev–Trinajstić information content (AvgIpc) is 2.28. The zero-order valence-corrected chi connectivity index (χ0v) is 12.2. The lowest BCUT2D eigenvalue weighted by Crippen LogP contribution is -2.37. The van der Waals surface area contributed by atoms with Crippen LogP contribution in [0.1, 0.15) is 26.7 Å². The number of nitrogens with zero attached hydrogens (tertiary/aromatic N) is 1. The molecule has 1 amide bonds. The molecular formula is C12H22F2N2O2S. The van der Waals surface area contributed by atoms with Crippen molar-refractivity contribution in [3.05, 3.63) is 0 Å². The average molecular weight is 296 g/mol. The van der Waals surface area contributed by atoms with Crippen molar-refractivity contribution < 1.29 is 18.3 Å². The summed E-state index contributed by atoms with van der Waals surface area (Å²) in [5, 5.41) is 0. The Morgan fingerprint density at radius 3 is 2.47 bits per heavy atom. The SMILES string of the molecule is CC(C)CN(CCC(N)=S)C(=O)CCOCC(F)F. The molecule has 0 aromatic rings. The first kappa shape index (κ1) is 18.2. The van der Waals surface area contributed by atoms with E-state index in [9.17, 15) is 13.6 Å². The van der Waals surface area contributed by atoms with Crippen molar-refractivity contribution in [2.75, 3.05) is 26.3 Å². The summed E-state index contributed by atoms with van der Waals surface area (Å²) in [6.45, 7) is 4.41. The summed E-state index contributed by atoms with van der Waals surface area (Å²) in [5.41, 5.74) is 5.41. The van der Waals surface area contributed by atoms with Gasteiger partial charge in [0.15, 0.2) is 0 Å². The Morgan fingerprint density at radius 1 is 1.37 bits per heavy atom. The van der Waals surface area contributed by atoms with E-state index < -0.39 is 13.0 Å². The van der Waals surface area contributed by atoms with Gasteiger partial charge in [0.2, 0.25) is 5.91 Å². The summed E-state index contributed by atoms with van der Waals surface area (Å²) in [4.78, 5) is 13.9. The van der Waals surface area contributed by atoms with Gasteiger partial charge in [0, 0.05) is 19.5 Å². The van der Waals surface area contributed by atoms with Crippen molar-refractivity contribution in [3.8, 4) is 0 Å². The molecule has 0 heterocycles. The zero-order valence-electron chi connectivity index (χ0n) is 11.4. The molecule has 0 aliphatic carbocycles. The van der Waals surface area contributed by atoms with Crippen molar-refractivity contribution in [3.63, 3.8) is 0 Å². The van der Waals surface area contributed by atoms with E-state index in [2.05, 4.69) is 0 Å². The molecule has 4 nitrogen and oxygen atoms in total. The second-order valence-corrected chi connectivity index (χ2v) is 5.19. The van der Waals surface area contributed by atoms with Crippen LogP contribution in [-0.2, 0) is 9.53 Å². The summed E-state index contributed by atoms with van der Waals surface area (Å²) in [6.07, 6.45) is -1.95. The van der Waals surface area contributed by atoms with E-state index in [1.165, 1.54) is 0 Å². The van der Waals surface area contributed by atoms with Gasteiger partial charge in [0.25, 0.3) is 6.43 Å². The van der Waals surface area contributed by atoms with Gasteiger partial charge in [-0.05, 0) is 5.92 Å². The number of halogens is 2. The molecule has 0 aromatic carbocycles. The smallest absolute Gasteiger partial charge is 0.261 e. The minimum Gasteiger partial charge on any atom is -0.393 e. The number of nitrogens with two attached hydrogens (primary N) is 1. The number of alkyl halides is 2. The summed E-state index contributed by atoms with van der Waals surface area (Å²) in [6, 6.07) is 0. The second-order valence-electron chi connectivity index (χ2n) is 4.67. The summed E-state index contributed by atoms with van der Waals surface area (Å²) in [5.74, 6) is 0.191. The highest BCUT2D eigenvalue weighted by molar-refractivity contribution is 7.80.